The number of benzene rings is 2. The summed E-state index contributed by atoms with van der Waals surface area (Å²) in [5.41, 5.74) is 4.08. The lowest BCUT2D eigenvalue weighted by molar-refractivity contribution is -0.142. The number of ether oxygens (including phenoxy) is 3. The van der Waals surface area contributed by atoms with E-state index in [9.17, 15) is 4.79 Å². The maximum Gasteiger partial charge on any atom is 0.314 e. The van der Waals surface area contributed by atoms with Gasteiger partial charge in [-0.15, -0.1) is 12.4 Å². The third-order valence-corrected chi connectivity index (χ3v) is 5.16. The standard InChI is InChI=1S/C20H18N2O4.ClH/c1-24-20(23)13-9-21-18(11-6-7-15-16(8-11)26-10-25-15)19-17(13)12-4-2-3-5-14(12)22-19;/h2-8,13,18,21-22H,9-10H2,1H3;1H. The second-order valence-corrected chi connectivity index (χ2v) is 6.53. The van der Waals surface area contributed by atoms with Gasteiger partial charge >= 0.3 is 5.97 Å². The highest BCUT2D eigenvalue weighted by atomic mass is 35.5. The number of esters is 1. The van der Waals surface area contributed by atoms with Gasteiger partial charge in [-0.05, 0) is 29.3 Å². The molecular weight excluding hydrogens is 368 g/mol. The molecule has 2 aromatic carbocycles. The fourth-order valence-corrected chi connectivity index (χ4v) is 3.95. The molecule has 1 aromatic heterocycles. The third-order valence-electron chi connectivity index (χ3n) is 5.16. The van der Waals surface area contributed by atoms with E-state index in [0.29, 0.717) is 6.54 Å². The number of para-hydroxylation sites is 1. The number of carbonyl (C=O) groups excluding carboxylic acids is 1. The van der Waals surface area contributed by atoms with Crippen molar-refractivity contribution in [3.8, 4) is 11.5 Å². The summed E-state index contributed by atoms with van der Waals surface area (Å²) in [6.07, 6.45) is 0. The zero-order chi connectivity index (χ0) is 17.7. The van der Waals surface area contributed by atoms with Crippen molar-refractivity contribution >= 4 is 29.3 Å². The fourth-order valence-electron chi connectivity index (χ4n) is 3.95. The molecule has 5 rings (SSSR count). The first-order valence-corrected chi connectivity index (χ1v) is 8.57. The van der Waals surface area contributed by atoms with E-state index in [2.05, 4.69) is 10.3 Å². The minimum Gasteiger partial charge on any atom is -0.469 e. The van der Waals surface area contributed by atoms with Gasteiger partial charge in [-0.25, -0.2) is 0 Å². The molecule has 3 heterocycles. The van der Waals surface area contributed by atoms with E-state index in [0.717, 1.165) is 39.2 Å². The van der Waals surface area contributed by atoms with Crippen molar-refractivity contribution in [1.82, 2.24) is 10.3 Å². The fraction of sp³-hybridized carbons (Fsp3) is 0.250. The van der Waals surface area contributed by atoms with E-state index in [4.69, 9.17) is 14.2 Å². The van der Waals surface area contributed by atoms with Crippen LogP contribution >= 0.6 is 12.4 Å². The molecule has 0 saturated carbocycles. The van der Waals surface area contributed by atoms with E-state index < -0.39 is 0 Å². The molecule has 3 aromatic rings. The summed E-state index contributed by atoms with van der Waals surface area (Å²) >= 11 is 0. The van der Waals surface area contributed by atoms with Gasteiger partial charge in [0.15, 0.2) is 11.5 Å². The SMILES string of the molecule is COC(=O)C1CNC(c2ccc3c(c2)OCO3)c2[nH]c3ccccc3c21.Cl. The van der Waals surface area contributed by atoms with Gasteiger partial charge in [0.2, 0.25) is 6.79 Å². The number of nitrogens with one attached hydrogen (secondary N) is 2. The summed E-state index contributed by atoms with van der Waals surface area (Å²) < 4.78 is 16.0. The van der Waals surface area contributed by atoms with Crippen LogP contribution in [0.5, 0.6) is 11.5 Å². The Morgan fingerprint density at radius 3 is 2.81 bits per heavy atom. The molecule has 140 valence electrons. The average Bonchev–Trinajstić information content (AvgIpc) is 3.30. The molecule has 0 radical (unpaired) electrons. The monoisotopic (exact) mass is 386 g/mol. The molecular formula is C20H19ClN2O4. The topological polar surface area (TPSA) is 72.6 Å². The van der Waals surface area contributed by atoms with Crippen molar-refractivity contribution in [3.05, 3.63) is 59.3 Å². The predicted molar refractivity (Wildman–Crippen MR) is 103 cm³/mol. The molecule has 0 bridgehead atoms. The molecule has 2 aliphatic heterocycles. The summed E-state index contributed by atoms with van der Waals surface area (Å²) in [7, 11) is 1.43. The lowest BCUT2D eigenvalue weighted by Crippen LogP contribution is -2.37. The number of hydrogen-bond donors (Lipinski definition) is 2. The molecule has 0 fully saturated rings. The summed E-state index contributed by atoms with van der Waals surface area (Å²) in [6, 6.07) is 13.9. The predicted octanol–water partition coefficient (Wildman–Crippen LogP) is 3.27. The molecule has 2 unspecified atom stereocenters. The van der Waals surface area contributed by atoms with Crippen LogP contribution in [0.3, 0.4) is 0 Å². The highest BCUT2D eigenvalue weighted by Crippen LogP contribution is 2.41. The molecule has 27 heavy (non-hydrogen) atoms. The number of aromatic nitrogens is 1. The first-order valence-electron chi connectivity index (χ1n) is 8.57. The number of rotatable bonds is 2. The Morgan fingerprint density at radius 1 is 1.15 bits per heavy atom. The van der Waals surface area contributed by atoms with E-state index in [-0.39, 0.29) is 37.1 Å². The highest BCUT2D eigenvalue weighted by molar-refractivity contribution is 5.92. The summed E-state index contributed by atoms with van der Waals surface area (Å²) in [4.78, 5) is 15.9. The maximum absolute atomic E-state index is 12.4. The summed E-state index contributed by atoms with van der Waals surface area (Å²) in [5, 5.41) is 4.54. The Labute approximate surface area is 162 Å². The molecule has 2 aliphatic rings. The molecule has 0 saturated heterocycles. The van der Waals surface area contributed by atoms with Crippen molar-refractivity contribution in [2.24, 2.45) is 0 Å². The Bertz CT molecular complexity index is 1020. The van der Waals surface area contributed by atoms with Crippen LogP contribution in [0.25, 0.3) is 10.9 Å². The van der Waals surface area contributed by atoms with Crippen LogP contribution < -0.4 is 14.8 Å². The van der Waals surface area contributed by atoms with E-state index >= 15 is 0 Å². The molecule has 2 atom stereocenters. The van der Waals surface area contributed by atoms with E-state index in [1.165, 1.54) is 7.11 Å². The number of methoxy groups -OCH3 is 1. The number of H-pyrrole nitrogens is 1. The first-order chi connectivity index (χ1) is 12.8. The van der Waals surface area contributed by atoms with Crippen molar-refractivity contribution in [2.75, 3.05) is 20.4 Å². The van der Waals surface area contributed by atoms with Gasteiger partial charge in [0.1, 0.15) is 0 Å². The van der Waals surface area contributed by atoms with Crippen LogP contribution in [-0.4, -0.2) is 31.4 Å². The molecule has 0 aliphatic carbocycles. The number of hydrogen-bond acceptors (Lipinski definition) is 5. The van der Waals surface area contributed by atoms with Crippen LogP contribution in [0.4, 0.5) is 0 Å². The number of fused-ring (bicyclic) bond motifs is 4. The average molecular weight is 387 g/mol. The summed E-state index contributed by atoms with van der Waals surface area (Å²) in [5.74, 6) is 0.940. The smallest absolute Gasteiger partial charge is 0.314 e. The normalized spacial score (nSPS) is 20.0. The van der Waals surface area contributed by atoms with Gasteiger partial charge in [-0.2, -0.15) is 0 Å². The Kier molecular flexibility index (Phi) is 4.45. The first kappa shape index (κ1) is 17.7. The van der Waals surface area contributed by atoms with Crippen LogP contribution in [0.1, 0.15) is 28.8 Å². The molecule has 0 amide bonds. The van der Waals surface area contributed by atoms with E-state index in [1.807, 2.05) is 42.5 Å². The van der Waals surface area contributed by atoms with Crippen molar-refractivity contribution < 1.29 is 19.0 Å². The van der Waals surface area contributed by atoms with Crippen LogP contribution in [0, 0.1) is 0 Å². The van der Waals surface area contributed by atoms with Gasteiger partial charge in [0, 0.05) is 23.1 Å². The van der Waals surface area contributed by atoms with Gasteiger partial charge < -0.3 is 24.5 Å². The summed E-state index contributed by atoms with van der Waals surface area (Å²) in [6.45, 7) is 0.763. The number of aromatic amines is 1. The van der Waals surface area contributed by atoms with Crippen molar-refractivity contribution in [3.63, 3.8) is 0 Å². The Morgan fingerprint density at radius 2 is 1.96 bits per heavy atom. The Balaban J connectivity index is 0.00000180. The van der Waals surface area contributed by atoms with Crippen LogP contribution in [-0.2, 0) is 9.53 Å². The van der Waals surface area contributed by atoms with E-state index in [1.54, 1.807) is 0 Å². The quantitative estimate of drug-likeness (QED) is 0.661. The van der Waals surface area contributed by atoms with Crippen molar-refractivity contribution in [2.45, 2.75) is 12.0 Å². The Hall–Kier alpha value is -2.70. The molecule has 7 heteroatoms. The minimum atomic E-state index is -0.337. The highest BCUT2D eigenvalue weighted by Gasteiger charge is 2.36. The largest absolute Gasteiger partial charge is 0.469 e. The molecule has 0 spiro atoms. The maximum atomic E-state index is 12.4. The second-order valence-electron chi connectivity index (χ2n) is 6.53. The van der Waals surface area contributed by atoms with Gasteiger partial charge in [0.05, 0.1) is 19.1 Å². The third kappa shape index (κ3) is 2.72. The van der Waals surface area contributed by atoms with Gasteiger partial charge in [-0.3, -0.25) is 4.79 Å². The minimum absolute atomic E-state index is 0. The lowest BCUT2D eigenvalue weighted by Gasteiger charge is -2.29. The number of halogens is 1. The molecule has 6 nitrogen and oxygen atoms in total. The number of carbonyl (C=O) groups is 1. The zero-order valence-electron chi connectivity index (χ0n) is 14.7. The van der Waals surface area contributed by atoms with Crippen LogP contribution in [0.15, 0.2) is 42.5 Å². The van der Waals surface area contributed by atoms with Crippen molar-refractivity contribution in [1.29, 1.82) is 0 Å². The lowest BCUT2D eigenvalue weighted by atomic mass is 9.87. The van der Waals surface area contributed by atoms with Crippen LogP contribution in [0.2, 0.25) is 0 Å². The molecule has 2 N–H and O–H groups in total. The van der Waals surface area contributed by atoms with Gasteiger partial charge in [-0.1, -0.05) is 24.3 Å². The second kappa shape index (κ2) is 6.79. The van der Waals surface area contributed by atoms with Gasteiger partial charge in [0.25, 0.3) is 0 Å². The zero-order valence-corrected chi connectivity index (χ0v) is 15.5.